The van der Waals surface area contributed by atoms with E-state index in [0.717, 1.165) is 15.6 Å². The lowest BCUT2D eigenvalue weighted by Crippen LogP contribution is -2.19. The van der Waals surface area contributed by atoms with Gasteiger partial charge < -0.3 is 9.47 Å². The van der Waals surface area contributed by atoms with Gasteiger partial charge in [-0.1, -0.05) is 23.7 Å². The molecule has 0 radical (unpaired) electrons. The third kappa shape index (κ3) is 6.23. The van der Waals surface area contributed by atoms with Crippen LogP contribution in [0.25, 0.3) is 0 Å². The average Bonchev–Trinajstić information content (AvgIpc) is 2.61. The van der Waals surface area contributed by atoms with Crippen LogP contribution in [0.5, 0.6) is 11.5 Å². The summed E-state index contributed by atoms with van der Waals surface area (Å²) in [5.41, 5.74) is 4.35. The first-order valence-electron chi connectivity index (χ1n) is 7.59. The van der Waals surface area contributed by atoms with E-state index in [1.165, 1.54) is 11.8 Å². The second-order valence-corrected chi connectivity index (χ2v) is 7.43. The van der Waals surface area contributed by atoms with Crippen LogP contribution in [0.3, 0.4) is 0 Å². The van der Waals surface area contributed by atoms with Gasteiger partial charge in [0, 0.05) is 10.8 Å². The van der Waals surface area contributed by atoms with Crippen molar-refractivity contribution in [1.29, 1.82) is 0 Å². The van der Waals surface area contributed by atoms with Crippen molar-refractivity contribution in [3.8, 4) is 11.5 Å². The molecule has 0 aliphatic heterocycles. The number of halogens is 2. The van der Waals surface area contributed by atoms with E-state index in [4.69, 9.17) is 21.1 Å². The fourth-order valence-electron chi connectivity index (χ4n) is 2.11. The van der Waals surface area contributed by atoms with Gasteiger partial charge in [-0.25, -0.2) is 5.43 Å². The summed E-state index contributed by atoms with van der Waals surface area (Å²) in [5, 5.41) is 4.67. The van der Waals surface area contributed by atoms with Crippen LogP contribution in [0.4, 0.5) is 0 Å². The molecule has 0 bridgehead atoms. The number of benzene rings is 2. The minimum Gasteiger partial charge on any atom is -0.493 e. The summed E-state index contributed by atoms with van der Waals surface area (Å²) in [4.78, 5) is 11.9. The van der Waals surface area contributed by atoms with E-state index >= 15 is 0 Å². The number of nitrogens with one attached hydrogen (secondary N) is 1. The highest BCUT2D eigenvalue weighted by atomic mass is 79.9. The third-order valence-electron chi connectivity index (χ3n) is 3.25. The molecule has 26 heavy (non-hydrogen) atoms. The number of ether oxygens (including phenoxy) is 2. The number of carbonyl (C=O) groups is 1. The molecule has 0 saturated carbocycles. The van der Waals surface area contributed by atoms with Gasteiger partial charge in [-0.15, -0.1) is 11.8 Å². The van der Waals surface area contributed by atoms with Crippen molar-refractivity contribution in [2.75, 3.05) is 20.0 Å². The largest absolute Gasteiger partial charge is 0.493 e. The third-order valence-corrected chi connectivity index (χ3v) is 5.08. The molecule has 2 rings (SSSR count). The summed E-state index contributed by atoms with van der Waals surface area (Å²) in [7, 11) is 3.13. The summed E-state index contributed by atoms with van der Waals surface area (Å²) >= 11 is 10.8. The first-order valence-corrected chi connectivity index (χ1v) is 9.91. The van der Waals surface area contributed by atoms with Gasteiger partial charge in [-0.3, -0.25) is 4.79 Å². The van der Waals surface area contributed by atoms with Crippen molar-refractivity contribution in [3.63, 3.8) is 0 Å². The van der Waals surface area contributed by atoms with Crippen molar-refractivity contribution in [2.24, 2.45) is 5.10 Å². The lowest BCUT2D eigenvalue weighted by atomic mass is 10.2. The molecule has 0 aromatic heterocycles. The lowest BCUT2D eigenvalue weighted by Gasteiger charge is -2.10. The van der Waals surface area contributed by atoms with Crippen LogP contribution in [0.15, 0.2) is 46.0 Å². The molecule has 0 fully saturated rings. The number of amides is 1. The van der Waals surface area contributed by atoms with E-state index in [0.29, 0.717) is 28.0 Å². The van der Waals surface area contributed by atoms with Crippen molar-refractivity contribution in [2.45, 2.75) is 5.75 Å². The SMILES string of the molecule is COc1cc(/C=N\NC(=O)CSCc2cccc(Cl)c2)cc(Br)c1OC. The maximum atomic E-state index is 11.9. The quantitative estimate of drug-likeness (QED) is 0.468. The number of hydrogen-bond acceptors (Lipinski definition) is 5. The molecular weight excluding hydrogens is 440 g/mol. The smallest absolute Gasteiger partial charge is 0.250 e. The van der Waals surface area contributed by atoms with Crippen molar-refractivity contribution < 1.29 is 14.3 Å². The summed E-state index contributed by atoms with van der Waals surface area (Å²) in [6.07, 6.45) is 1.55. The summed E-state index contributed by atoms with van der Waals surface area (Å²) in [6.45, 7) is 0. The maximum Gasteiger partial charge on any atom is 0.250 e. The summed E-state index contributed by atoms with van der Waals surface area (Å²) < 4.78 is 11.3. The molecule has 2 aromatic rings. The number of hydrogen-bond donors (Lipinski definition) is 1. The average molecular weight is 458 g/mol. The van der Waals surface area contributed by atoms with Crippen molar-refractivity contribution in [1.82, 2.24) is 5.43 Å². The Kier molecular flexibility index (Phi) is 8.28. The van der Waals surface area contributed by atoms with E-state index in [9.17, 15) is 4.79 Å². The van der Waals surface area contributed by atoms with Gasteiger partial charge in [-0.2, -0.15) is 5.10 Å². The normalized spacial score (nSPS) is 10.8. The van der Waals surface area contributed by atoms with Crippen LogP contribution < -0.4 is 14.9 Å². The fraction of sp³-hybridized carbons (Fsp3) is 0.222. The Hall–Kier alpha value is -1.70. The number of nitrogens with zero attached hydrogens (tertiary/aromatic N) is 1. The Labute approximate surface area is 170 Å². The molecule has 2 aromatic carbocycles. The Balaban J connectivity index is 1.84. The van der Waals surface area contributed by atoms with Crippen LogP contribution >= 0.6 is 39.3 Å². The van der Waals surface area contributed by atoms with Gasteiger partial charge in [-0.05, 0) is 51.3 Å². The molecule has 138 valence electrons. The van der Waals surface area contributed by atoms with Gasteiger partial charge in [0.05, 0.1) is 30.7 Å². The molecule has 0 unspecified atom stereocenters. The van der Waals surface area contributed by atoms with Crippen molar-refractivity contribution in [3.05, 3.63) is 57.0 Å². The minimum absolute atomic E-state index is 0.173. The van der Waals surface area contributed by atoms with Crippen LogP contribution in [-0.2, 0) is 10.5 Å². The summed E-state index contributed by atoms with van der Waals surface area (Å²) in [6, 6.07) is 11.2. The van der Waals surface area contributed by atoms with E-state index in [2.05, 4.69) is 26.5 Å². The van der Waals surface area contributed by atoms with Gasteiger partial charge in [0.1, 0.15) is 0 Å². The summed E-state index contributed by atoms with van der Waals surface area (Å²) in [5.74, 6) is 2.02. The first-order chi connectivity index (χ1) is 12.5. The van der Waals surface area contributed by atoms with E-state index < -0.39 is 0 Å². The molecule has 8 heteroatoms. The molecule has 0 heterocycles. The number of thioether (sulfide) groups is 1. The molecule has 0 aliphatic rings. The second kappa shape index (κ2) is 10.4. The highest BCUT2D eigenvalue weighted by Crippen LogP contribution is 2.35. The van der Waals surface area contributed by atoms with E-state index in [-0.39, 0.29) is 5.91 Å². The van der Waals surface area contributed by atoms with Crippen molar-refractivity contribution >= 4 is 51.4 Å². The topological polar surface area (TPSA) is 59.9 Å². The predicted octanol–water partition coefficient (Wildman–Crippen LogP) is 4.50. The number of methoxy groups -OCH3 is 2. The van der Waals surface area contributed by atoms with E-state index in [1.54, 1.807) is 26.5 Å². The molecule has 0 spiro atoms. The zero-order chi connectivity index (χ0) is 18.9. The molecule has 1 amide bonds. The fourth-order valence-corrected chi connectivity index (χ4v) is 3.71. The van der Waals surface area contributed by atoms with Crippen LogP contribution in [0, 0.1) is 0 Å². The maximum absolute atomic E-state index is 11.9. The van der Waals surface area contributed by atoms with Crippen LogP contribution in [0.1, 0.15) is 11.1 Å². The monoisotopic (exact) mass is 456 g/mol. The molecule has 5 nitrogen and oxygen atoms in total. The Bertz CT molecular complexity index is 802. The van der Waals surface area contributed by atoms with Gasteiger partial charge >= 0.3 is 0 Å². The highest BCUT2D eigenvalue weighted by molar-refractivity contribution is 9.10. The Morgan fingerprint density at radius 1 is 1.31 bits per heavy atom. The molecule has 0 saturated heterocycles. The minimum atomic E-state index is -0.173. The Morgan fingerprint density at radius 3 is 2.81 bits per heavy atom. The zero-order valence-electron chi connectivity index (χ0n) is 14.3. The Morgan fingerprint density at radius 2 is 2.12 bits per heavy atom. The van der Waals surface area contributed by atoms with Crippen LogP contribution in [-0.4, -0.2) is 32.1 Å². The molecular formula is C18H18BrClN2O3S. The standard InChI is InChI=1S/C18H18BrClN2O3S/c1-24-16-8-13(7-15(19)18(16)25-2)9-21-22-17(23)11-26-10-12-4-3-5-14(20)6-12/h3-9H,10-11H2,1-2H3,(H,22,23)/b21-9-. The van der Waals surface area contributed by atoms with Gasteiger partial charge in [0.25, 0.3) is 0 Å². The number of carbonyl (C=O) groups excluding carboxylic acids is 1. The number of rotatable bonds is 8. The van der Waals surface area contributed by atoms with Gasteiger partial charge in [0.2, 0.25) is 5.91 Å². The second-order valence-electron chi connectivity index (χ2n) is 5.15. The first kappa shape index (κ1) is 20.6. The lowest BCUT2D eigenvalue weighted by molar-refractivity contribution is -0.118. The molecule has 1 N–H and O–H groups in total. The zero-order valence-corrected chi connectivity index (χ0v) is 17.5. The van der Waals surface area contributed by atoms with Gasteiger partial charge in [0.15, 0.2) is 11.5 Å². The van der Waals surface area contributed by atoms with E-state index in [1.807, 2.05) is 30.3 Å². The predicted molar refractivity (Wildman–Crippen MR) is 111 cm³/mol. The van der Waals surface area contributed by atoms with Crippen LogP contribution in [0.2, 0.25) is 5.02 Å². The number of hydrazone groups is 1. The highest BCUT2D eigenvalue weighted by Gasteiger charge is 2.09. The molecule has 0 atom stereocenters. The molecule has 0 aliphatic carbocycles.